The number of aryl methyl sites for hydroxylation is 1. The van der Waals surface area contributed by atoms with E-state index >= 15 is 0 Å². The highest BCUT2D eigenvalue weighted by molar-refractivity contribution is 9.10. The molecule has 2 rings (SSSR count). The minimum Gasteiger partial charge on any atom is -0.375 e. The van der Waals surface area contributed by atoms with E-state index in [0.717, 1.165) is 10.0 Å². The maximum Gasteiger partial charge on any atom is 0.254 e. The first kappa shape index (κ1) is 12.5. The van der Waals surface area contributed by atoms with Crippen LogP contribution in [0.25, 0.3) is 0 Å². The summed E-state index contributed by atoms with van der Waals surface area (Å²) in [6, 6.07) is 5.46. The molecular weight excluding hydrogens is 281 g/mol. The fraction of sp³-hybridized carbons (Fsp3) is 0.300. The lowest BCUT2D eigenvalue weighted by atomic mass is 9.95. The number of primary amides is 1. The number of rotatable bonds is 1. The first-order valence-electron chi connectivity index (χ1n) is 4.35. The Kier molecular flexibility index (Phi) is 3.43. The van der Waals surface area contributed by atoms with Gasteiger partial charge in [-0.1, -0.05) is 22.0 Å². The number of hydrogen-bond acceptors (Lipinski definition) is 2. The summed E-state index contributed by atoms with van der Waals surface area (Å²) in [6.45, 7) is 0. The van der Waals surface area contributed by atoms with E-state index in [1.807, 2.05) is 6.07 Å². The summed E-state index contributed by atoms with van der Waals surface area (Å²) >= 11 is 3.34. The van der Waals surface area contributed by atoms with E-state index in [9.17, 15) is 9.90 Å². The summed E-state index contributed by atoms with van der Waals surface area (Å²) in [5, 5.41) is 10.0. The van der Waals surface area contributed by atoms with Crippen molar-refractivity contribution >= 4 is 34.2 Å². The molecule has 0 fully saturated rings. The fourth-order valence-electron chi connectivity index (χ4n) is 1.88. The van der Waals surface area contributed by atoms with Gasteiger partial charge in [0.15, 0.2) is 5.60 Å². The van der Waals surface area contributed by atoms with E-state index in [1.165, 1.54) is 0 Å². The largest absolute Gasteiger partial charge is 0.375 e. The van der Waals surface area contributed by atoms with Gasteiger partial charge in [0.05, 0.1) is 0 Å². The molecular formula is C10H11BrClNO2. The minimum absolute atomic E-state index is 0. The second-order valence-electron chi connectivity index (χ2n) is 3.53. The molecule has 1 aliphatic rings. The van der Waals surface area contributed by atoms with E-state index in [4.69, 9.17) is 5.73 Å². The summed E-state index contributed by atoms with van der Waals surface area (Å²) in [5.41, 5.74) is 5.36. The summed E-state index contributed by atoms with van der Waals surface area (Å²) in [7, 11) is 0. The number of fused-ring (bicyclic) bond motifs is 1. The van der Waals surface area contributed by atoms with Crippen molar-refractivity contribution < 1.29 is 9.90 Å². The van der Waals surface area contributed by atoms with Crippen LogP contribution in [0.4, 0.5) is 0 Å². The average Bonchev–Trinajstić information content (AvgIpc) is 2.45. The van der Waals surface area contributed by atoms with Crippen LogP contribution >= 0.6 is 28.3 Å². The summed E-state index contributed by atoms with van der Waals surface area (Å²) < 4.78 is 0.949. The van der Waals surface area contributed by atoms with Crippen LogP contribution in [0.15, 0.2) is 22.7 Å². The van der Waals surface area contributed by atoms with Crippen LogP contribution in [0, 0.1) is 0 Å². The van der Waals surface area contributed by atoms with Crippen LogP contribution in [0.2, 0.25) is 0 Å². The van der Waals surface area contributed by atoms with Gasteiger partial charge in [-0.15, -0.1) is 12.4 Å². The van der Waals surface area contributed by atoms with E-state index < -0.39 is 11.5 Å². The molecule has 1 aromatic rings. The SMILES string of the molecule is Cl.NC(=O)C1(O)CCc2cc(Br)ccc21. The lowest BCUT2D eigenvalue weighted by Crippen LogP contribution is -2.39. The topological polar surface area (TPSA) is 63.3 Å². The van der Waals surface area contributed by atoms with Crippen molar-refractivity contribution in [2.45, 2.75) is 18.4 Å². The maximum absolute atomic E-state index is 11.1. The Balaban J connectivity index is 0.00000112. The molecule has 0 saturated heterocycles. The summed E-state index contributed by atoms with van der Waals surface area (Å²) in [6.07, 6.45) is 1.07. The van der Waals surface area contributed by atoms with E-state index in [1.54, 1.807) is 12.1 Å². The fourth-order valence-corrected chi connectivity index (χ4v) is 2.29. The quantitative estimate of drug-likeness (QED) is 0.824. The number of amides is 1. The van der Waals surface area contributed by atoms with Crippen LogP contribution in [0.1, 0.15) is 17.5 Å². The molecule has 1 atom stereocenters. The molecule has 3 N–H and O–H groups in total. The Morgan fingerprint density at radius 1 is 1.53 bits per heavy atom. The summed E-state index contributed by atoms with van der Waals surface area (Å²) in [4.78, 5) is 11.1. The third-order valence-electron chi connectivity index (χ3n) is 2.68. The van der Waals surface area contributed by atoms with Gasteiger partial charge in [0.1, 0.15) is 0 Å². The van der Waals surface area contributed by atoms with E-state index in [-0.39, 0.29) is 12.4 Å². The van der Waals surface area contributed by atoms with Crippen molar-refractivity contribution in [3.8, 4) is 0 Å². The molecule has 1 aliphatic carbocycles. The smallest absolute Gasteiger partial charge is 0.254 e. The van der Waals surface area contributed by atoms with Crippen LogP contribution in [-0.4, -0.2) is 11.0 Å². The van der Waals surface area contributed by atoms with Crippen LogP contribution in [0.3, 0.4) is 0 Å². The molecule has 0 spiro atoms. The number of hydrogen-bond donors (Lipinski definition) is 2. The molecule has 0 saturated carbocycles. The lowest BCUT2D eigenvalue weighted by molar-refractivity contribution is -0.137. The van der Waals surface area contributed by atoms with Gasteiger partial charge in [0.2, 0.25) is 0 Å². The zero-order chi connectivity index (χ0) is 10.3. The molecule has 0 aromatic heterocycles. The maximum atomic E-state index is 11.1. The molecule has 0 aliphatic heterocycles. The van der Waals surface area contributed by atoms with Crippen molar-refractivity contribution in [1.82, 2.24) is 0 Å². The van der Waals surface area contributed by atoms with Crippen LogP contribution in [-0.2, 0) is 16.8 Å². The first-order chi connectivity index (χ1) is 6.54. The van der Waals surface area contributed by atoms with Gasteiger partial charge >= 0.3 is 0 Å². The van der Waals surface area contributed by atoms with Gasteiger partial charge in [-0.05, 0) is 36.1 Å². The van der Waals surface area contributed by atoms with Gasteiger partial charge < -0.3 is 10.8 Å². The van der Waals surface area contributed by atoms with Crippen LogP contribution < -0.4 is 5.73 Å². The third-order valence-corrected chi connectivity index (χ3v) is 3.17. The Labute approximate surface area is 102 Å². The average molecular weight is 293 g/mol. The number of carbonyl (C=O) groups is 1. The lowest BCUT2D eigenvalue weighted by Gasteiger charge is -2.19. The second kappa shape index (κ2) is 4.12. The van der Waals surface area contributed by atoms with Gasteiger partial charge in [-0.3, -0.25) is 4.79 Å². The van der Waals surface area contributed by atoms with Crippen molar-refractivity contribution in [3.05, 3.63) is 33.8 Å². The van der Waals surface area contributed by atoms with E-state index in [0.29, 0.717) is 18.4 Å². The normalized spacial score (nSPS) is 23.1. The van der Waals surface area contributed by atoms with E-state index in [2.05, 4.69) is 15.9 Å². The molecule has 0 radical (unpaired) electrons. The minimum atomic E-state index is -1.46. The Morgan fingerprint density at radius 3 is 2.80 bits per heavy atom. The highest BCUT2D eigenvalue weighted by Gasteiger charge is 2.41. The number of halogens is 2. The Bertz CT molecular complexity index is 410. The van der Waals surface area contributed by atoms with Crippen LogP contribution in [0.5, 0.6) is 0 Å². The van der Waals surface area contributed by atoms with Gasteiger partial charge in [0, 0.05) is 4.47 Å². The second-order valence-corrected chi connectivity index (χ2v) is 4.44. The molecule has 1 unspecified atom stereocenters. The number of carbonyl (C=O) groups excluding carboxylic acids is 1. The van der Waals surface area contributed by atoms with Gasteiger partial charge in [-0.2, -0.15) is 0 Å². The third kappa shape index (κ3) is 1.89. The molecule has 1 aromatic carbocycles. The molecule has 0 bridgehead atoms. The molecule has 15 heavy (non-hydrogen) atoms. The number of nitrogens with two attached hydrogens (primary N) is 1. The first-order valence-corrected chi connectivity index (χ1v) is 5.14. The highest BCUT2D eigenvalue weighted by Crippen LogP contribution is 2.37. The van der Waals surface area contributed by atoms with Crippen molar-refractivity contribution in [2.24, 2.45) is 5.73 Å². The zero-order valence-electron chi connectivity index (χ0n) is 7.87. The highest BCUT2D eigenvalue weighted by atomic mass is 79.9. The number of benzene rings is 1. The zero-order valence-corrected chi connectivity index (χ0v) is 10.3. The molecule has 0 heterocycles. The predicted molar refractivity (Wildman–Crippen MR) is 62.8 cm³/mol. The molecule has 82 valence electrons. The monoisotopic (exact) mass is 291 g/mol. The van der Waals surface area contributed by atoms with Gasteiger partial charge in [-0.25, -0.2) is 0 Å². The molecule has 5 heteroatoms. The van der Waals surface area contributed by atoms with Crippen molar-refractivity contribution in [1.29, 1.82) is 0 Å². The molecule has 1 amide bonds. The van der Waals surface area contributed by atoms with Crippen molar-refractivity contribution in [3.63, 3.8) is 0 Å². The predicted octanol–water partition coefficient (Wildman–Crippen LogP) is 1.49. The van der Waals surface area contributed by atoms with Gasteiger partial charge in [0.25, 0.3) is 5.91 Å². The summed E-state index contributed by atoms with van der Waals surface area (Å²) in [5.74, 6) is -0.668. The van der Waals surface area contributed by atoms with Crippen molar-refractivity contribution in [2.75, 3.05) is 0 Å². The number of aliphatic hydroxyl groups is 1. The molecule has 3 nitrogen and oxygen atoms in total. The Morgan fingerprint density at radius 2 is 2.20 bits per heavy atom. The standard InChI is InChI=1S/C10H10BrNO2.ClH/c11-7-1-2-8-6(5-7)3-4-10(8,14)9(12)13;/h1-2,5,14H,3-4H2,(H2,12,13);1H. The Hall–Kier alpha value is -0.580.